The Kier molecular flexibility index (Phi) is 14.1. The highest BCUT2D eigenvalue weighted by Gasteiger charge is 2.32. The highest BCUT2D eigenvalue weighted by Crippen LogP contribution is 2.10. The normalized spacial score (nSPS) is 14.8. The van der Waals surface area contributed by atoms with Gasteiger partial charge in [-0.1, -0.05) is 20.3 Å². The maximum Gasteiger partial charge on any atom is 0.326 e. The van der Waals surface area contributed by atoms with Gasteiger partial charge in [0, 0.05) is 6.54 Å². The fraction of sp³-hybridized carbons (Fsp3) is 0.650. The number of nitrogens with two attached hydrogens (primary N) is 4. The molecule has 5 atom stereocenters. The van der Waals surface area contributed by atoms with Crippen molar-refractivity contribution in [1.29, 1.82) is 0 Å². The van der Waals surface area contributed by atoms with Crippen LogP contribution in [-0.4, -0.2) is 82.5 Å². The summed E-state index contributed by atoms with van der Waals surface area (Å²) in [5, 5.41) is 25.1. The summed E-state index contributed by atoms with van der Waals surface area (Å²) < 4.78 is 0. The number of carbonyl (C=O) groups is 6. The molecule has 0 bridgehead atoms. The number of hydrogen-bond donors (Lipinski definition) is 9. The minimum absolute atomic E-state index is 0.0308. The van der Waals surface area contributed by atoms with E-state index in [4.69, 9.17) is 28.0 Å². The first-order valence-corrected chi connectivity index (χ1v) is 11.1. The number of amides is 4. The molecule has 13 N–H and O–H groups in total. The molecule has 16 heteroatoms. The van der Waals surface area contributed by atoms with Crippen LogP contribution in [0.25, 0.3) is 0 Å². The molecule has 0 aromatic heterocycles. The molecule has 0 aliphatic carbocycles. The number of aliphatic carboxylic acids is 2. The van der Waals surface area contributed by atoms with E-state index in [2.05, 4.69) is 20.9 Å². The first-order valence-electron chi connectivity index (χ1n) is 11.1. The standard InChI is InChI=1S/C20H36N8O8/c1-3-9(2)15(19(35)36)28-17(33)11(5-4-6-25-20(23)24)26-18(34)12(8-13(22)29)27-16(32)10(21)7-14(30)31/h9-12,15H,3-8,21H2,1-2H3,(H2,22,29)(H,26,34)(H,27,32)(H,28,33)(H,30,31)(H,35,36)(H4,23,24,25). The Labute approximate surface area is 207 Å². The van der Waals surface area contributed by atoms with Gasteiger partial charge in [0.2, 0.25) is 23.6 Å². The number of nitrogens with zero attached hydrogens (tertiary/aromatic N) is 1. The van der Waals surface area contributed by atoms with E-state index in [1.165, 1.54) is 0 Å². The Morgan fingerprint density at radius 3 is 1.89 bits per heavy atom. The molecule has 0 rings (SSSR count). The lowest BCUT2D eigenvalue weighted by Crippen LogP contribution is -2.58. The summed E-state index contributed by atoms with van der Waals surface area (Å²) >= 11 is 0. The van der Waals surface area contributed by atoms with Crippen molar-refractivity contribution in [3.8, 4) is 0 Å². The van der Waals surface area contributed by atoms with E-state index in [1.54, 1.807) is 13.8 Å². The van der Waals surface area contributed by atoms with E-state index in [-0.39, 0.29) is 25.3 Å². The van der Waals surface area contributed by atoms with Gasteiger partial charge in [0.15, 0.2) is 5.96 Å². The molecule has 4 amide bonds. The minimum Gasteiger partial charge on any atom is -0.481 e. The smallest absolute Gasteiger partial charge is 0.326 e. The Balaban J connectivity index is 5.71. The number of hydrogen-bond acceptors (Lipinski definition) is 8. The number of carbonyl (C=O) groups excluding carboxylic acids is 4. The zero-order valence-corrected chi connectivity index (χ0v) is 20.2. The topological polar surface area (TPSA) is 295 Å². The van der Waals surface area contributed by atoms with E-state index >= 15 is 0 Å². The Morgan fingerprint density at radius 2 is 1.42 bits per heavy atom. The molecule has 0 radical (unpaired) electrons. The van der Waals surface area contributed by atoms with Crippen LogP contribution in [0.2, 0.25) is 0 Å². The lowest BCUT2D eigenvalue weighted by molar-refractivity contribution is -0.144. The first kappa shape index (κ1) is 32.0. The predicted octanol–water partition coefficient (Wildman–Crippen LogP) is -3.70. The highest BCUT2D eigenvalue weighted by molar-refractivity contribution is 5.96. The number of primary amides is 1. The van der Waals surface area contributed by atoms with Gasteiger partial charge in [0.25, 0.3) is 0 Å². The molecule has 204 valence electrons. The van der Waals surface area contributed by atoms with Crippen molar-refractivity contribution in [2.24, 2.45) is 33.8 Å². The van der Waals surface area contributed by atoms with Crippen LogP contribution in [0.3, 0.4) is 0 Å². The van der Waals surface area contributed by atoms with Crippen molar-refractivity contribution in [3.63, 3.8) is 0 Å². The van der Waals surface area contributed by atoms with Crippen LogP contribution in [0.4, 0.5) is 0 Å². The first-order chi connectivity index (χ1) is 16.7. The molecule has 0 aromatic rings. The van der Waals surface area contributed by atoms with Crippen molar-refractivity contribution in [1.82, 2.24) is 16.0 Å². The Bertz CT molecular complexity index is 846. The number of aliphatic imine (C=N–C) groups is 1. The number of rotatable bonds is 17. The van der Waals surface area contributed by atoms with Crippen molar-refractivity contribution in [2.45, 2.75) is 70.1 Å². The Hall–Kier alpha value is -3.95. The zero-order valence-electron chi connectivity index (χ0n) is 20.2. The summed E-state index contributed by atoms with van der Waals surface area (Å²) in [7, 11) is 0. The molecule has 0 spiro atoms. The quantitative estimate of drug-likeness (QED) is 0.0514. The van der Waals surface area contributed by atoms with E-state index < -0.39 is 78.5 Å². The predicted molar refractivity (Wildman–Crippen MR) is 127 cm³/mol. The molecule has 0 saturated heterocycles. The number of guanidine groups is 1. The molecule has 0 aliphatic heterocycles. The summed E-state index contributed by atoms with van der Waals surface area (Å²) in [4.78, 5) is 75.6. The number of nitrogens with one attached hydrogen (secondary N) is 3. The van der Waals surface area contributed by atoms with Crippen LogP contribution < -0.4 is 38.9 Å². The summed E-state index contributed by atoms with van der Waals surface area (Å²) in [6.07, 6.45) is -0.796. The molecular weight excluding hydrogens is 480 g/mol. The van der Waals surface area contributed by atoms with Gasteiger partial charge in [-0.05, 0) is 18.8 Å². The summed E-state index contributed by atoms with van der Waals surface area (Å²) in [6.45, 7) is 3.47. The maximum atomic E-state index is 12.9. The summed E-state index contributed by atoms with van der Waals surface area (Å²) in [5.74, 6) is -7.08. The molecule has 0 heterocycles. The third kappa shape index (κ3) is 12.5. The second kappa shape index (κ2) is 15.9. The summed E-state index contributed by atoms with van der Waals surface area (Å²) in [5.41, 5.74) is 21.2. The molecule has 36 heavy (non-hydrogen) atoms. The molecule has 0 fully saturated rings. The molecule has 16 nitrogen and oxygen atoms in total. The molecular formula is C20H36N8O8. The number of carboxylic acids is 2. The largest absolute Gasteiger partial charge is 0.481 e. The van der Waals surface area contributed by atoms with Gasteiger partial charge >= 0.3 is 11.9 Å². The minimum atomic E-state index is -1.58. The summed E-state index contributed by atoms with van der Waals surface area (Å²) in [6, 6.07) is -5.63. The van der Waals surface area contributed by atoms with Crippen molar-refractivity contribution < 1.29 is 39.0 Å². The maximum absolute atomic E-state index is 12.9. The van der Waals surface area contributed by atoms with Gasteiger partial charge in [0.05, 0.1) is 18.9 Å². The second-order valence-corrected chi connectivity index (χ2v) is 8.16. The fourth-order valence-electron chi connectivity index (χ4n) is 2.95. The average molecular weight is 517 g/mol. The third-order valence-electron chi connectivity index (χ3n) is 5.12. The van der Waals surface area contributed by atoms with Crippen LogP contribution in [0.1, 0.15) is 46.0 Å². The Morgan fingerprint density at radius 1 is 0.861 bits per heavy atom. The average Bonchev–Trinajstić information content (AvgIpc) is 2.76. The van der Waals surface area contributed by atoms with Crippen LogP contribution in [0.15, 0.2) is 4.99 Å². The third-order valence-corrected chi connectivity index (χ3v) is 5.12. The van der Waals surface area contributed by atoms with Gasteiger partial charge in [-0.25, -0.2) is 4.79 Å². The second-order valence-electron chi connectivity index (χ2n) is 8.16. The molecule has 5 unspecified atom stereocenters. The van der Waals surface area contributed by atoms with Crippen molar-refractivity contribution in [3.05, 3.63) is 0 Å². The number of carboxylic acid groups (broad SMARTS) is 2. The molecule has 0 aliphatic rings. The van der Waals surface area contributed by atoms with Crippen molar-refractivity contribution in [2.75, 3.05) is 6.54 Å². The lowest BCUT2D eigenvalue weighted by Gasteiger charge is -2.26. The van der Waals surface area contributed by atoms with E-state index in [0.29, 0.717) is 6.42 Å². The SMILES string of the molecule is CCC(C)C(NC(=O)C(CCCN=C(N)N)NC(=O)C(CC(N)=O)NC(=O)C(N)CC(=O)O)C(=O)O. The van der Waals surface area contributed by atoms with Gasteiger partial charge in [0.1, 0.15) is 18.1 Å². The monoisotopic (exact) mass is 516 g/mol. The van der Waals surface area contributed by atoms with E-state index in [0.717, 1.165) is 0 Å². The van der Waals surface area contributed by atoms with Crippen LogP contribution in [0, 0.1) is 5.92 Å². The van der Waals surface area contributed by atoms with E-state index in [1.807, 2.05) is 0 Å². The molecule has 0 aromatic carbocycles. The van der Waals surface area contributed by atoms with Crippen LogP contribution >= 0.6 is 0 Å². The van der Waals surface area contributed by atoms with Crippen molar-refractivity contribution >= 4 is 41.5 Å². The van der Waals surface area contributed by atoms with Crippen LogP contribution in [-0.2, 0) is 28.8 Å². The highest BCUT2D eigenvalue weighted by atomic mass is 16.4. The fourth-order valence-corrected chi connectivity index (χ4v) is 2.95. The van der Waals surface area contributed by atoms with Gasteiger partial charge < -0.3 is 49.1 Å². The van der Waals surface area contributed by atoms with Gasteiger partial charge in [-0.2, -0.15) is 0 Å². The van der Waals surface area contributed by atoms with Crippen LogP contribution in [0.5, 0.6) is 0 Å². The zero-order chi connectivity index (χ0) is 28.0. The van der Waals surface area contributed by atoms with Gasteiger partial charge in [-0.3, -0.25) is 29.0 Å². The lowest BCUT2D eigenvalue weighted by atomic mass is 9.98. The van der Waals surface area contributed by atoms with E-state index in [9.17, 15) is 33.9 Å². The van der Waals surface area contributed by atoms with Gasteiger partial charge in [-0.15, -0.1) is 0 Å². The molecule has 0 saturated carbocycles.